The van der Waals surface area contributed by atoms with E-state index in [1.807, 2.05) is 12.1 Å². The van der Waals surface area contributed by atoms with Crippen molar-refractivity contribution >= 4 is 40.4 Å². The van der Waals surface area contributed by atoms with Crippen molar-refractivity contribution < 1.29 is 9.72 Å². The van der Waals surface area contributed by atoms with Gasteiger partial charge in [-0.25, -0.2) is 4.98 Å². The van der Waals surface area contributed by atoms with Crippen molar-refractivity contribution in [3.8, 4) is 0 Å². The lowest BCUT2D eigenvalue weighted by molar-refractivity contribution is -0.385. The van der Waals surface area contributed by atoms with Gasteiger partial charge >= 0.3 is 0 Å². The van der Waals surface area contributed by atoms with Gasteiger partial charge in [0.1, 0.15) is 12.0 Å². The molecule has 0 radical (unpaired) electrons. The fraction of sp³-hybridized carbons (Fsp3) is 0.143. The van der Waals surface area contributed by atoms with E-state index in [2.05, 4.69) is 10.3 Å². The molecule has 1 N–H and O–H groups in total. The number of amides is 1. The summed E-state index contributed by atoms with van der Waals surface area (Å²) in [6, 6.07) is 6.72. The van der Waals surface area contributed by atoms with Gasteiger partial charge in [0.2, 0.25) is 5.91 Å². The first kappa shape index (κ1) is 14.3. The first-order valence-corrected chi connectivity index (χ1v) is 6.80. The van der Waals surface area contributed by atoms with E-state index in [0.29, 0.717) is 17.9 Å². The summed E-state index contributed by atoms with van der Waals surface area (Å²) in [7, 11) is 1.73. The summed E-state index contributed by atoms with van der Waals surface area (Å²) in [5.41, 5.74) is 2.33. The van der Waals surface area contributed by atoms with Gasteiger partial charge in [0.05, 0.1) is 16.4 Å². The number of fused-ring (bicyclic) bond motifs is 1. The summed E-state index contributed by atoms with van der Waals surface area (Å²) in [4.78, 5) is 27.3. The molecule has 0 aliphatic carbocycles. The number of halogens is 1. The van der Waals surface area contributed by atoms with E-state index >= 15 is 0 Å². The maximum atomic E-state index is 11.7. The molecule has 1 aromatic carbocycles. The van der Waals surface area contributed by atoms with Crippen molar-refractivity contribution in [3.05, 3.63) is 51.2 Å². The summed E-state index contributed by atoms with van der Waals surface area (Å²) < 4.78 is 0. The topological polar surface area (TPSA) is 88.4 Å². The first-order chi connectivity index (χ1) is 10.5. The number of carbonyl (C=O) groups is 1. The summed E-state index contributed by atoms with van der Waals surface area (Å²) in [5, 5.41) is 13.8. The van der Waals surface area contributed by atoms with Crippen LogP contribution in [0.5, 0.6) is 0 Å². The quantitative estimate of drug-likeness (QED) is 0.694. The second kappa shape index (κ2) is 5.27. The highest BCUT2D eigenvalue weighted by Gasteiger charge is 2.24. The van der Waals surface area contributed by atoms with Gasteiger partial charge in [-0.05, 0) is 23.8 Å². The van der Waals surface area contributed by atoms with Gasteiger partial charge in [0.25, 0.3) is 5.69 Å². The molecule has 1 aliphatic rings. The number of likely N-dealkylation sites (N-methyl/N-ethyl adjacent to an activating group) is 1. The minimum atomic E-state index is -0.556. The number of pyridine rings is 1. The molecule has 8 heteroatoms. The number of anilines is 3. The predicted octanol–water partition coefficient (Wildman–Crippen LogP) is 2.91. The minimum Gasteiger partial charge on any atom is -0.339 e. The monoisotopic (exact) mass is 318 g/mol. The third-order valence-electron chi connectivity index (χ3n) is 3.46. The molecule has 0 atom stereocenters. The molecular formula is C14H11ClN4O3. The zero-order valence-corrected chi connectivity index (χ0v) is 12.3. The van der Waals surface area contributed by atoms with Gasteiger partial charge < -0.3 is 10.2 Å². The maximum Gasteiger partial charge on any atom is 0.289 e. The van der Waals surface area contributed by atoms with E-state index in [1.165, 1.54) is 6.07 Å². The van der Waals surface area contributed by atoms with Crippen molar-refractivity contribution in [3.63, 3.8) is 0 Å². The van der Waals surface area contributed by atoms with E-state index in [4.69, 9.17) is 11.6 Å². The van der Waals surface area contributed by atoms with Crippen LogP contribution in [0.15, 0.2) is 30.5 Å². The number of aromatic nitrogens is 1. The number of nitrogens with zero attached hydrogens (tertiary/aromatic N) is 3. The zero-order chi connectivity index (χ0) is 15.9. The fourth-order valence-corrected chi connectivity index (χ4v) is 2.51. The lowest BCUT2D eigenvalue weighted by Gasteiger charge is -2.11. The molecule has 7 nitrogen and oxygen atoms in total. The van der Waals surface area contributed by atoms with Crippen LogP contribution in [0.25, 0.3) is 0 Å². The van der Waals surface area contributed by atoms with Crippen LogP contribution < -0.4 is 10.2 Å². The van der Waals surface area contributed by atoms with Gasteiger partial charge in [-0.3, -0.25) is 14.9 Å². The van der Waals surface area contributed by atoms with E-state index in [0.717, 1.165) is 17.4 Å². The van der Waals surface area contributed by atoms with Crippen LogP contribution in [0.1, 0.15) is 5.56 Å². The van der Waals surface area contributed by atoms with Crippen LogP contribution in [-0.2, 0) is 11.2 Å². The van der Waals surface area contributed by atoms with Crippen LogP contribution in [-0.4, -0.2) is 22.9 Å². The number of hydrogen-bond acceptors (Lipinski definition) is 5. The van der Waals surface area contributed by atoms with Crippen LogP contribution in [0.3, 0.4) is 0 Å². The SMILES string of the molecule is CN1C(=O)Cc2cc(Nc3ncc([N+](=O)[O-])cc3Cl)ccc21. The normalized spacial score (nSPS) is 13.2. The lowest BCUT2D eigenvalue weighted by Crippen LogP contribution is -2.20. The highest BCUT2D eigenvalue weighted by atomic mass is 35.5. The first-order valence-electron chi connectivity index (χ1n) is 6.42. The molecule has 1 amide bonds. The van der Waals surface area contributed by atoms with E-state index in [1.54, 1.807) is 18.0 Å². The Morgan fingerprint density at radius 3 is 2.86 bits per heavy atom. The van der Waals surface area contributed by atoms with Gasteiger partial charge in [0, 0.05) is 24.5 Å². The van der Waals surface area contributed by atoms with Crippen molar-refractivity contribution in [1.29, 1.82) is 0 Å². The Hall–Kier alpha value is -2.67. The smallest absolute Gasteiger partial charge is 0.289 e. The molecule has 0 bridgehead atoms. The maximum absolute atomic E-state index is 11.7. The zero-order valence-electron chi connectivity index (χ0n) is 11.5. The Morgan fingerprint density at radius 1 is 1.41 bits per heavy atom. The molecule has 1 aromatic heterocycles. The summed E-state index contributed by atoms with van der Waals surface area (Å²) in [6.07, 6.45) is 1.49. The third-order valence-corrected chi connectivity index (χ3v) is 3.75. The van der Waals surface area contributed by atoms with Crippen LogP contribution in [0.4, 0.5) is 22.9 Å². The van der Waals surface area contributed by atoms with Crippen LogP contribution in [0, 0.1) is 10.1 Å². The largest absolute Gasteiger partial charge is 0.339 e. The lowest BCUT2D eigenvalue weighted by atomic mass is 10.1. The van der Waals surface area contributed by atoms with Gasteiger partial charge in [-0.2, -0.15) is 0 Å². The molecule has 0 saturated carbocycles. The van der Waals surface area contributed by atoms with E-state index in [9.17, 15) is 14.9 Å². The molecule has 0 spiro atoms. The summed E-state index contributed by atoms with van der Waals surface area (Å²) in [5.74, 6) is 0.364. The van der Waals surface area contributed by atoms with Crippen molar-refractivity contribution in [2.24, 2.45) is 0 Å². The Morgan fingerprint density at radius 2 is 2.18 bits per heavy atom. The van der Waals surface area contributed by atoms with Crippen molar-refractivity contribution in [2.45, 2.75) is 6.42 Å². The van der Waals surface area contributed by atoms with E-state index in [-0.39, 0.29) is 16.6 Å². The summed E-state index contributed by atoms with van der Waals surface area (Å²) >= 11 is 6.00. The highest BCUT2D eigenvalue weighted by molar-refractivity contribution is 6.33. The van der Waals surface area contributed by atoms with Crippen LogP contribution in [0.2, 0.25) is 5.02 Å². The Balaban J connectivity index is 1.87. The van der Waals surface area contributed by atoms with Gasteiger partial charge in [-0.15, -0.1) is 0 Å². The molecule has 1 aliphatic heterocycles. The number of carbonyl (C=O) groups excluding carboxylic acids is 1. The molecular weight excluding hydrogens is 308 g/mol. The molecule has 0 fully saturated rings. The number of benzene rings is 1. The minimum absolute atomic E-state index is 0.0404. The van der Waals surface area contributed by atoms with Crippen LogP contribution >= 0.6 is 11.6 Å². The average Bonchev–Trinajstić information content (AvgIpc) is 2.75. The molecule has 22 heavy (non-hydrogen) atoms. The predicted molar refractivity (Wildman–Crippen MR) is 82.7 cm³/mol. The molecule has 0 unspecified atom stereocenters. The molecule has 2 heterocycles. The standard InChI is InChI=1S/C14H11ClN4O3/c1-18-12-3-2-9(4-8(12)5-13(18)20)17-14-11(15)6-10(7-16-14)19(21)22/h2-4,6-7H,5H2,1H3,(H,16,17). The molecule has 0 saturated heterocycles. The number of nitro groups is 1. The molecule has 112 valence electrons. The number of rotatable bonds is 3. The summed E-state index contributed by atoms with van der Waals surface area (Å²) in [6.45, 7) is 0. The number of nitrogens with one attached hydrogen (secondary N) is 1. The van der Waals surface area contributed by atoms with Gasteiger partial charge in [0.15, 0.2) is 0 Å². The molecule has 2 aromatic rings. The Labute approximate surface area is 130 Å². The second-order valence-electron chi connectivity index (χ2n) is 4.88. The highest BCUT2D eigenvalue weighted by Crippen LogP contribution is 2.32. The average molecular weight is 319 g/mol. The van der Waals surface area contributed by atoms with E-state index < -0.39 is 4.92 Å². The third kappa shape index (κ3) is 2.46. The number of hydrogen-bond donors (Lipinski definition) is 1. The Kier molecular flexibility index (Phi) is 3.42. The van der Waals surface area contributed by atoms with Crippen molar-refractivity contribution in [1.82, 2.24) is 4.98 Å². The Bertz CT molecular complexity index is 794. The van der Waals surface area contributed by atoms with Gasteiger partial charge in [-0.1, -0.05) is 11.6 Å². The fourth-order valence-electron chi connectivity index (χ4n) is 2.30. The molecule has 3 rings (SSSR count). The second-order valence-corrected chi connectivity index (χ2v) is 5.29. The van der Waals surface area contributed by atoms with Crippen molar-refractivity contribution in [2.75, 3.05) is 17.3 Å².